The molecule has 2 rings (SSSR count). The summed E-state index contributed by atoms with van der Waals surface area (Å²) in [5, 5.41) is 0. The monoisotopic (exact) mass is 150 g/mol. The molecule has 0 heterocycles. The summed E-state index contributed by atoms with van der Waals surface area (Å²) >= 11 is 0. The first-order chi connectivity index (χ1) is 5.22. The SMILES string of the molecule is C[C@]12CCC=C[C@H](CC1)C2=O. The van der Waals surface area contributed by atoms with E-state index >= 15 is 0 Å². The molecule has 0 amide bonds. The number of rotatable bonds is 0. The zero-order valence-corrected chi connectivity index (χ0v) is 6.97. The van der Waals surface area contributed by atoms with Gasteiger partial charge in [-0.05, 0) is 25.7 Å². The smallest absolute Gasteiger partial charge is 0.145 e. The van der Waals surface area contributed by atoms with Gasteiger partial charge in [-0.25, -0.2) is 0 Å². The number of hydrogen-bond acceptors (Lipinski definition) is 1. The third kappa shape index (κ3) is 0.943. The van der Waals surface area contributed by atoms with Gasteiger partial charge in [0.1, 0.15) is 5.78 Å². The van der Waals surface area contributed by atoms with Gasteiger partial charge in [0.15, 0.2) is 0 Å². The highest BCUT2D eigenvalue weighted by molar-refractivity contribution is 5.90. The van der Waals surface area contributed by atoms with Crippen LogP contribution in [0.25, 0.3) is 0 Å². The van der Waals surface area contributed by atoms with Gasteiger partial charge in [-0.15, -0.1) is 0 Å². The summed E-state index contributed by atoms with van der Waals surface area (Å²) < 4.78 is 0. The topological polar surface area (TPSA) is 17.1 Å². The molecule has 2 bridgehead atoms. The summed E-state index contributed by atoms with van der Waals surface area (Å²) in [4.78, 5) is 11.7. The second-order valence-electron chi connectivity index (χ2n) is 4.04. The summed E-state index contributed by atoms with van der Waals surface area (Å²) in [6.07, 6.45) is 8.65. The summed E-state index contributed by atoms with van der Waals surface area (Å²) in [7, 11) is 0. The van der Waals surface area contributed by atoms with Crippen molar-refractivity contribution in [3.05, 3.63) is 12.2 Å². The number of carbonyl (C=O) groups is 1. The molecule has 1 saturated carbocycles. The van der Waals surface area contributed by atoms with E-state index in [0.717, 1.165) is 25.7 Å². The molecule has 0 radical (unpaired) electrons. The second kappa shape index (κ2) is 2.20. The van der Waals surface area contributed by atoms with E-state index in [1.807, 2.05) is 0 Å². The highest BCUT2D eigenvalue weighted by Crippen LogP contribution is 2.44. The Hall–Kier alpha value is -0.590. The van der Waals surface area contributed by atoms with E-state index in [4.69, 9.17) is 0 Å². The van der Waals surface area contributed by atoms with Crippen molar-refractivity contribution in [2.24, 2.45) is 11.3 Å². The van der Waals surface area contributed by atoms with E-state index in [-0.39, 0.29) is 11.3 Å². The molecule has 2 aliphatic rings. The molecule has 0 unspecified atom stereocenters. The summed E-state index contributed by atoms with van der Waals surface area (Å²) in [6, 6.07) is 0. The van der Waals surface area contributed by atoms with Crippen LogP contribution in [0, 0.1) is 11.3 Å². The van der Waals surface area contributed by atoms with Crippen molar-refractivity contribution in [1.82, 2.24) is 0 Å². The van der Waals surface area contributed by atoms with Crippen LogP contribution in [0.4, 0.5) is 0 Å². The Balaban J connectivity index is 2.34. The number of allylic oxidation sites excluding steroid dienone is 2. The van der Waals surface area contributed by atoms with E-state index in [1.54, 1.807) is 0 Å². The van der Waals surface area contributed by atoms with Crippen LogP contribution in [0.5, 0.6) is 0 Å². The first-order valence-corrected chi connectivity index (χ1v) is 4.43. The van der Waals surface area contributed by atoms with Gasteiger partial charge >= 0.3 is 0 Å². The number of ketones is 1. The summed E-state index contributed by atoms with van der Waals surface area (Å²) in [6.45, 7) is 2.13. The molecule has 11 heavy (non-hydrogen) atoms. The van der Waals surface area contributed by atoms with Gasteiger partial charge in [-0.3, -0.25) is 4.79 Å². The van der Waals surface area contributed by atoms with Crippen molar-refractivity contribution in [1.29, 1.82) is 0 Å². The van der Waals surface area contributed by atoms with Gasteiger partial charge < -0.3 is 0 Å². The van der Waals surface area contributed by atoms with Gasteiger partial charge in [0.25, 0.3) is 0 Å². The lowest BCUT2D eigenvalue weighted by Crippen LogP contribution is -2.23. The molecule has 60 valence electrons. The van der Waals surface area contributed by atoms with Crippen molar-refractivity contribution < 1.29 is 4.79 Å². The first kappa shape index (κ1) is 7.08. The van der Waals surface area contributed by atoms with Crippen LogP contribution in [0.1, 0.15) is 32.6 Å². The van der Waals surface area contributed by atoms with Crippen molar-refractivity contribution in [3.63, 3.8) is 0 Å². The lowest BCUT2D eigenvalue weighted by atomic mass is 9.83. The minimum Gasteiger partial charge on any atom is -0.298 e. The third-order valence-corrected chi connectivity index (χ3v) is 3.17. The van der Waals surface area contributed by atoms with Gasteiger partial charge in [0.05, 0.1) is 0 Å². The minimum absolute atomic E-state index is 0.0359. The standard InChI is InChI=1S/C10H14O/c1-10-6-3-2-4-8(5-7-10)9(10)11/h2,4,8H,3,5-7H2,1H3/t8-,10+/m1/s1. The normalized spacial score (nSPS) is 42.6. The van der Waals surface area contributed by atoms with Crippen LogP contribution in [-0.2, 0) is 4.79 Å². The van der Waals surface area contributed by atoms with Crippen molar-refractivity contribution >= 4 is 5.78 Å². The highest BCUT2D eigenvalue weighted by atomic mass is 16.1. The van der Waals surface area contributed by atoms with Crippen molar-refractivity contribution in [2.75, 3.05) is 0 Å². The Morgan fingerprint density at radius 1 is 1.55 bits per heavy atom. The van der Waals surface area contributed by atoms with Crippen molar-refractivity contribution in [3.8, 4) is 0 Å². The molecule has 0 saturated heterocycles. The Morgan fingerprint density at radius 2 is 2.36 bits per heavy atom. The van der Waals surface area contributed by atoms with Crippen molar-refractivity contribution in [2.45, 2.75) is 32.6 Å². The predicted octanol–water partition coefficient (Wildman–Crippen LogP) is 2.32. The summed E-state index contributed by atoms with van der Waals surface area (Å²) in [5.41, 5.74) is 0.0359. The van der Waals surface area contributed by atoms with Gasteiger partial charge in [0, 0.05) is 11.3 Å². The first-order valence-electron chi connectivity index (χ1n) is 4.43. The molecular weight excluding hydrogens is 136 g/mol. The zero-order chi connectivity index (χ0) is 7.90. The molecule has 2 atom stereocenters. The van der Waals surface area contributed by atoms with E-state index in [2.05, 4.69) is 19.1 Å². The molecule has 0 N–H and O–H groups in total. The zero-order valence-electron chi connectivity index (χ0n) is 6.97. The number of hydrogen-bond donors (Lipinski definition) is 0. The molecule has 0 aromatic carbocycles. The van der Waals surface area contributed by atoms with E-state index in [9.17, 15) is 4.79 Å². The Bertz CT molecular complexity index is 217. The van der Waals surface area contributed by atoms with Crippen LogP contribution in [-0.4, -0.2) is 5.78 Å². The fraction of sp³-hybridized carbons (Fsp3) is 0.700. The molecule has 1 fully saturated rings. The number of Topliss-reactive ketones (excluding diaryl/α,β-unsaturated/α-hetero) is 1. The molecule has 0 aromatic rings. The Morgan fingerprint density at radius 3 is 3.18 bits per heavy atom. The van der Waals surface area contributed by atoms with Gasteiger partial charge in [0.2, 0.25) is 0 Å². The summed E-state index contributed by atoms with van der Waals surface area (Å²) in [5.74, 6) is 0.758. The Kier molecular flexibility index (Phi) is 1.41. The minimum atomic E-state index is 0.0359. The maximum atomic E-state index is 11.7. The highest BCUT2D eigenvalue weighted by Gasteiger charge is 2.43. The lowest BCUT2D eigenvalue weighted by Gasteiger charge is -2.19. The van der Waals surface area contributed by atoms with Gasteiger partial charge in [-0.2, -0.15) is 0 Å². The van der Waals surface area contributed by atoms with Crippen LogP contribution < -0.4 is 0 Å². The average molecular weight is 150 g/mol. The van der Waals surface area contributed by atoms with Crippen LogP contribution in [0.3, 0.4) is 0 Å². The Labute approximate surface area is 67.5 Å². The number of fused-ring (bicyclic) bond motifs is 2. The molecule has 0 spiro atoms. The molecular formula is C10H14O. The predicted molar refractivity (Wildman–Crippen MR) is 44.2 cm³/mol. The molecule has 1 nitrogen and oxygen atoms in total. The van der Waals surface area contributed by atoms with Crippen LogP contribution in [0.2, 0.25) is 0 Å². The molecule has 1 heteroatoms. The van der Waals surface area contributed by atoms with Crippen LogP contribution in [0.15, 0.2) is 12.2 Å². The maximum Gasteiger partial charge on any atom is 0.145 e. The quantitative estimate of drug-likeness (QED) is 0.484. The number of carbonyl (C=O) groups excluding carboxylic acids is 1. The average Bonchev–Trinajstić information content (AvgIpc) is 2.13. The largest absolute Gasteiger partial charge is 0.298 e. The second-order valence-corrected chi connectivity index (χ2v) is 4.04. The maximum absolute atomic E-state index is 11.7. The van der Waals surface area contributed by atoms with Crippen LogP contribution >= 0.6 is 0 Å². The fourth-order valence-corrected chi connectivity index (χ4v) is 2.27. The van der Waals surface area contributed by atoms with Gasteiger partial charge in [-0.1, -0.05) is 19.1 Å². The lowest BCUT2D eigenvalue weighted by molar-refractivity contribution is -0.127. The third-order valence-electron chi connectivity index (χ3n) is 3.17. The van der Waals surface area contributed by atoms with E-state index < -0.39 is 0 Å². The van der Waals surface area contributed by atoms with E-state index in [1.165, 1.54) is 0 Å². The fourth-order valence-electron chi connectivity index (χ4n) is 2.27. The van der Waals surface area contributed by atoms with E-state index in [0.29, 0.717) is 5.78 Å². The molecule has 0 aliphatic heterocycles. The molecule has 2 aliphatic carbocycles. The molecule has 0 aromatic heterocycles.